The second-order valence-electron chi connectivity index (χ2n) is 5.61. The Morgan fingerprint density at radius 3 is 2.67 bits per heavy atom. The van der Waals surface area contributed by atoms with Gasteiger partial charge in [0.1, 0.15) is 11.6 Å². The standard InChI is InChI=1S/C17H20N4O2.ClH/c1-12-2-4-15(22)14(10-12)17(23)20-16-5-3-13(11-19-16)21-8-6-18-7-9-21;/h2-5,10-11,18,22H,6-9H2,1H3,(H,19,20,23);1H. The van der Waals surface area contributed by atoms with Crippen LogP contribution in [0, 0.1) is 6.92 Å². The van der Waals surface area contributed by atoms with E-state index in [4.69, 9.17) is 0 Å². The highest BCUT2D eigenvalue weighted by Crippen LogP contribution is 2.20. The van der Waals surface area contributed by atoms with Crippen LogP contribution in [0.3, 0.4) is 0 Å². The van der Waals surface area contributed by atoms with Gasteiger partial charge < -0.3 is 20.6 Å². The van der Waals surface area contributed by atoms with E-state index in [1.807, 2.05) is 13.0 Å². The Morgan fingerprint density at radius 1 is 1.25 bits per heavy atom. The highest BCUT2D eigenvalue weighted by atomic mass is 35.5. The third-order valence-electron chi connectivity index (χ3n) is 3.87. The molecule has 0 unspecified atom stereocenters. The number of benzene rings is 1. The molecule has 2 heterocycles. The largest absolute Gasteiger partial charge is 0.507 e. The second kappa shape index (κ2) is 7.99. The Kier molecular flexibility index (Phi) is 6.00. The summed E-state index contributed by atoms with van der Waals surface area (Å²) in [4.78, 5) is 18.8. The molecule has 1 amide bonds. The maximum absolute atomic E-state index is 12.2. The Morgan fingerprint density at radius 2 is 2.00 bits per heavy atom. The van der Waals surface area contributed by atoms with E-state index in [0.717, 1.165) is 37.4 Å². The van der Waals surface area contributed by atoms with E-state index < -0.39 is 0 Å². The number of amides is 1. The lowest BCUT2D eigenvalue weighted by molar-refractivity contribution is 0.102. The van der Waals surface area contributed by atoms with Crippen LogP contribution < -0.4 is 15.5 Å². The fraction of sp³-hybridized carbons (Fsp3) is 0.294. The molecule has 128 valence electrons. The molecule has 1 aromatic carbocycles. The summed E-state index contributed by atoms with van der Waals surface area (Å²) in [5, 5.41) is 15.8. The fourth-order valence-corrected chi connectivity index (χ4v) is 2.59. The molecule has 1 aliphatic rings. The molecule has 0 bridgehead atoms. The van der Waals surface area contributed by atoms with Crippen molar-refractivity contribution in [1.29, 1.82) is 0 Å². The van der Waals surface area contributed by atoms with Crippen LogP contribution in [-0.2, 0) is 0 Å². The van der Waals surface area contributed by atoms with Crippen LogP contribution in [0.25, 0.3) is 0 Å². The van der Waals surface area contributed by atoms with Crippen molar-refractivity contribution in [3.8, 4) is 5.75 Å². The third-order valence-corrected chi connectivity index (χ3v) is 3.87. The van der Waals surface area contributed by atoms with E-state index in [2.05, 4.69) is 20.5 Å². The summed E-state index contributed by atoms with van der Waals surface area (Å²) < 4.78 is 0. The molecule has 3 rings (SSSR count). The third kappa shape index (κ3) is 4.15. The number of hydrogen-bond acceptors (Lipinski definition) is 5. The first-order chi connectivity index (χ1) is 11.1. The number of phenols is 1. The second-order valence-corrected chi connectivity index (χ2v) is 5.61. The van der Waals surface area contributed by atoms with Gasteiger partial charge in [-0.15, -0.1) is 12.4 Å². The monoisotopic (exact) mass is 348 g/mol. The SMILES string of the molecule is Cc1ccc(O)c(C(=O)Nc2ccc(N3CCNCC3)cn2)c1.Cl. The number of aromatic hydroxyl groups is 1. The first-order valence-electron chi connectivity index (χ1n) is 7.66. The molecule has 0 aliphatic carbocycles. The fourth-order valence-electron chi connectivity index (χ4n) is 2.59. The average Bonchev–Trinajstić information content (AvgIpc) is 2.58. The van der Waals surface area contributed by atoms with Gasteiger partial charge in [-0.1, -0.05) is 11.6 Å². The van der Waals surface area contributed by atoms with Gasteiger partial charge in [0, 0.05) is 26.2 Å². The number of carbonyl (C=O) groups excluding carboxylic acids is 1. The van der Waals surface area contributed by atoms with E-state index in [0.29, 0.717) is 5.82 Å². The summed E-state index contributed by atoms with van der Waals surface area (Å²) in [6, 6.07) is 8.66. The number of hydrogen-bond donors (Lipinski definition) is 3. The Bertz CT molecular complexity index is 700. The van der Waals surface area contributed by atoms with Gasteiger partial charge in [-0.3, -0.25) is 4.79 Å². The Labute approximate surface area is 147 Å². The predicted octanol–water partition coefficient (Wildman–Crippen LogP) is 2.18. The number of aryl methyl sites for hydroxylation is 1. The van der Waals surface area contributed by atoms with Gasteiger partial charge in [-0.05, 0) is 31.2 Å². The first-order valence-corrected chi connectivity index (χ1v) is 7.66. The molecule has 2 aromatic rings. The van der Waals surface area contributed by atoms with E-state index in [9.17, 15) is 9.90 Å². The molecule has 0 saturated carbocycles. The molecule has 6 nitrogen and oxygen atoms in total. The van der Waals surface area contributed by atoms with Crippen LogP contribution in [-0.4, -0.2) is 42.2 Å². The minimum absolute atomic E-state index is 0. The number of pyridine rings is 1. The number of carbonyl (C=O) groups is 1. The van der Waals surface area contributed by atoms with Crippen LogP contribution in [0.4, 0.5) is 11.5 Å². The molecule has 24 heavy (non-hydrogen) atoms. The molecule has 0 spiro atoms. The van der Waals surface area contributed by atoms with Gasteiger partial charge in [0.05, 0.1) is 17.4 Å². The number of rotatable bonds is 3. The lowest BCUT2D eigenvalue weighted by atomic mass is 10.1. The summed E-state index contributed by atoms with van der Waals surface area (Å²) >= 11 is 0. The summed E-state index contributed by atoms with van der Waals surface area (Å²) in [6.07, 6.45) is 1.76. The lowest BCUT2D eigenvalue weighted by Crippen LogP contribution is -2.43. The minimum atomic E-state index is -0.367. The smallest absolute Gasteiger partial charge is 0.260 e. The summed E-state index contributed by atoms with van der Waals surface area (Å²) in [5.74, 6) is 0.0638. The highest BCUT2D eigenvalue weighted by Gasteiger charge is 2.13. The number of nitrogens with zero attached hydrogens (tertiary/aromatic N) is 2. The number of halogens is 1. The Hall–Kier alpha value is -2.31. The topological polar surface area (TPSA) is 77.5 Å². The summed E-state index contributed by atoms with van der Waals surface area (Å²) in [6.45, 7) is 5.70. The van der Waals surface area contributed by atoms with Crippen LogP contribution in [0.2, 0.25) is 0 Å². The van der Waals surface area contributed by atoms with Crippen molar-refractivity contribution in [2.24, 2.45) is 0 Å². The summed E-state index contributed by atoms with van der Waals surface area (Å²) in [7, 11) is 0. The van der Waals surface area contributed by atoms with E-state index in [1.54, 1.807) is 24.4 Å². The normalized spacial score (nSPS) is 14.0. The maximum atomic E-state index is 12.2. The van der Waals surface area contributed by atoms with Crippen LogP contribution >= 0.6 is 12.4 Å². The maximum Gasteiger partial charge on any atom is 0.260 e. The van der Waals surface area contributed by atoms with Gasteiger partial charge >= 0.3 is 0 Å². The van der Waals surface area contributed by atoms with Gasteiger partial charge in [-0.2, -0.15) is 0 Å². The van der Waals surface area contributed by atoms with Crippen LogP contribution in [0.5, 0.6) is 5.75 Å². The molecule has 3 N–H and O–H groups in total. The van der Waals surface area contributed by atoms with Crippen LogP contribution in [0.1, 0.15) is 15.9 Å². The number of phenolic OH excluding ortho intramolecular Hbond substituents is 1. The Balaban J connectivity index is 0.00000208. The van der Waals surface area contributed by atoms with Crippen LogP contribution in [0.15, 0.2) is 36.5 Å². The van der Waals surface area contributed by atoms with Crippen molar-refractivity contribution >= 4 is 29.8 Å². The molecule has 1 saturated heterocycles. The quantitative estimate of drug-likeness (QED) is 0.792. The van der Waals surface area contributed by atoms with Crippen molar-refractivity contribution in [3.63, 3.8) is 0 Å². The molecule has 1 aliphatic heterocycles. The van der Waals surface area contributed by atoms with Gasteiger partial charge in [0.25, 0.3) is 5.91 Å². The van der Waals surface area contributed by atoms with Gasteiger partial charge in [0.2, 0.25) is 0 Å². The van der Waals surface area contributed by atoms with E-state index in [1.165, 1.54) is 6.07 Å². The van der Waals surface area contributed by atoms with Crippen molar-refractivity contribution in [2.45, 2.75) is 6.92 Å². The minimum Gasteiger partial charge on any atom is -0.507 e. The molecule has 0 atom stereocenters. The molecule has 1 fully saturated rings. The summed E-state index contributed by atoms with van der Waals surface area (Å²) in [5.41, 5.74) is 2.20. The molecule has 7 heteroatoms. The zero-order chi connectivity index (χ0) is 16.2. The van der Waals surface area contributed by atoms with Crippen molar-refractivity contribution in [1.82, 2.24) is 10.3 Å². The predicted molar refractivity (Wildman–Crippen MR) is 97.4 cm³/mol. The van der Waals surface area contributed by atoms with Crippen molar-refractivity contribution in [3.05, 3.63) is 47.7 Å². The van der Waals surface area contributed by atoms with Gasteiger partial charge in [-0.25, -0.2) is 4.98 Å². The molecular weight excluding hydrogens is 328 g/mol. The molecule has 0 radical (unpaired) electrons. The highest BCUT2D eigenvalue weighted by molar-refractivity contribution is 6.05. The number of anilines is 2. The zero-order valence-electron chi connectivity index (χ0n) is 13.5. The van der Waals surface area contributed by atoms with Crippen molar-refractivity contribution in [2.75, 3.05) is 36.4 Å². The number of piperazine rings is 1. The average molecular weight is 349 g/mol. The number of nitrogens with one attached hydrogen (secondary N) is 2. The lowest BCUT2D eigenvalue weighted by Gasteiger charge is -2.29. The van der Waals surface area contributed by atoms with E-state index >= 15 is 0 Å². The van der Waals surface area contributed by atoms with E-state index in [-0.39, 0.29) is 29.6 Å². The first kappa shape index (κ1) is 18.0. The molecular formula is C17H21ClN4O2. The van der Waals surface area contributed by atoms with Crippen molar-refractivity contribution < 1.29 is 9.90 Å². The molecule has 1 aromatic heterocycles. The zero-order valence-corrected chi connectivity index (χ0v) is 14.3. The van der Waals surface area contributed by atoms with Gasteiger partial charge in [0.15, 0.2) is 0 Å². The number of aromatic nitrogens is 1.